The summed E-state index contributed by atoms with van der Waals surface area (Å²) >= 11 is 1.85. The Morgan fingerprint density at radius 2 is 1.90 bits per heavy atom. The molecule has 0 saturated carbocycles. The van der Waals surface area contributed by atoms with Crippen molar-refractivity contribution in [3.8, 4) is 0 Å². The van der Waals surface area contributed by atoms with Crippen LogP contribution in [0.15, 0.2) is 0 Å². The Hall–Kier alpha value is -0.910. The molecule has 0 unspecified atom stereocenters. The summed E-state index contributed by atoms with van der Waals surface area (Å²) in [6, 6.07) is -0.0463. The fourth-order valence-electron chi connectivity index (χ4n) is 2.71. The Bertz CT molecular complexity index is 342. The molecule has 0 atom stereocenters. The van der Waals surface area contributed by atoms with E-state index < -0.39 is 11.4 Å². The number of carboxylic acids is 1. The minimum atomic E-state index is -0.723. The lowest BCUT2D eigenvalue weighted by Gasteiger charge is -2.38. The van der Waals surface area contributed by atoms with E-state index in [4.69, 9.17) is 0 Å². The molecule has 1 saturated heterocycles. The van der Waals surface area contributed by atoms with E-state index in [9.17, 15) is 14.7 Å². The topological polar surface area (TPSA) is 69.6 Å². The van der Waals surface area contributed by atoms with Crippen LogP contribution in [0, 0.1) is 5.41 Å². The Morgan fingerprint density at radius 1 is 1.24 bits per heavy atom. The van der Waals surface area contributed by atoms with Crippen molar-refractivity contribution in [2.45, 2.75) is 45.4 Å². The van der Waals surface area contributed by atoms with E-state index in [2.05, 4.69) is 11.6 Å². The highest BCUT2D eigenvalue weighted by Gasteiger charge is 2.40. The lowest BCUT2D eigenvalue weighted by molar-refractivity contribution is -0.151. The zero-order valence-corrected chi connectivity index (χ0v) is 14.0. The summed E-state index contributed by atoms with van der Waals surface area (Å²) in [6.07, 6.45) is 7.18. The zero-order chi connectivity index (χ0) is 15.7. The van der Waals surface area contributed by atoms with Crippen LogP contribution in [0.25, 0.3) is 0 Å². The van der Waals surface area contributed by atoms with Crippen LogP contribution in [-0.4, -0.2) is 53.6 Å². The number of nitrogens with zero attached hydrogens (tertiary/aromatic N) is 1. The van der Waals surface area contributed by atoms with Crippen LogP contribution < -0.4 is 5.32 Å². The molecule has 21 heavy (non-hydrogen) atoms. The maximum Gasteiger partial charge on any atom is 0.317 e. The molecule has 1 aliphatic rings. The second-order valence-electron chi connectivity index (χ2n) is 5.71. The number of nitrogens with one attached hydrogen (secondary N) is 1. The van der Waals surface area contributed by atoms with Crippen molar-refractivity contribution in [2.24, 2.45) is 5.41 Å². The van der Waals surface area contributed by atoms with Crippen LogP contribution in [0.3, 0.4) is 0 Å². The molecule has 2 amide bonds. The largest absolute Gasteiger partial charge is 0.481 e. The first-order valence-corrected chi connectivity index (χ1v) is 9.20. The van der Waals surface area contributed by atoms with Gasteiger partial charge < -0.3 is 15.3 Å². The first kappa shape index (κ1) is 18.1. The highest BCUT2D eigenvalue weighted by molar-refractivity contribution is 7.98. The van der Waals surface area contributed by atoms with E-state index >= 15 is 0 Å². The predicted octanol–water partition coefficient (Wildman–Crippen LogP) is 2.81. The number of thioether (sulfide) groups is 1. The average molecular weight is 316 g/mol. The fourth-order valence-corrected chi connectivity index (χ4v) is 3.20. The molecule has 0 radical (unpaired) electrons. The molecule has 0 aromatic heterocycles. The maximum absolute atomic E-state index is 12.0. The number of amides is 2. The van der Waals surface area contributed by atoms with Crippen molar-refractivity contribution in [1.82, 2.24) is 10.2 Å². The Morgan fingerprint density at radius 3 is 2.43 bits per heavy atom. The highest BCUT2D eigenvalue weighted by atomic mass is 32.2. The molecule has 0 aromatic rings. The molecule has 0 aliphatic carbocycles. The van der Waals surface area contributed by atoms with Gasteiger partial charge in [0.05, 0.1) is 5.41 Å². The number of urea groups is 1. The Balaban J connectivity index is 2.24. The third kappa shape index (κ3) is 5.41. The lowest BCUT2D eigenvalue weighted by Crippen LogP contribution is -2.49. The number of hydrogen-bond donors (Lipinski definition) is 2. The van der Waals surface area contributed by atoms with Crippen LogP contribution in [-0.2, 0) is 4.79 Å². The van der Waals surface area contributed by atoms with Crippen molar-refractivity contribution in [3.05, 3.63) is 0 Å². The van der Waals surface area contributed by atoms with Crippen molar-refractivity contribution < 1.29 is 14.7 Å². The van der Waals surface area contributed by atoms with E-state index in [-0.39, 0.29) is 6.03 Å². The van der Waals surface area contributed by atoms with Gasteiger partial charge in [-0.05, 0) is 44.1 Å². The molecule has 2 N–H and O–H groups in total. The first-order valence-electron chi connectivity index (χ1n) is 7.81. The number of unbranched alkanes of at least 4 members (excludes halogenated alkanes) is 2. The smallest absolute Gasteiger partial charge is 0.317 e. The quantitative estimate of drug-likeness (QED) is 0.676. The normalized spacial score (nSPS) is 17.5. The molecule has 5 nitrogen and oxygen atoms in total. The second kappa shape index (κ2) is 9.18. The Labute approximate surface area is 131 Å². The van der Waals surface area contributed by atoms with Gasteiger partial charge in [-0.1, -0.05) is 13.3 Å². The summed E-state index contributed by atoms with van der Waals surface area (Å²) in [5.74, 6) is 0.452. The summed E-state index contributed by atoms with van der Waals surface area (Å²) in [5, 5.41) is 12.3. The monoisotopic (exact) mass is 316 g/mol. The molecule has 0 bridgehead atoms. The van der Waals surface area contributed by atoms with Crippen LogP contribution in [0.2, 0.25) is 0 Å². The van der Waals surface area contributed by atoms with E-state index in [1.54, 1.807) is 4.90 Å². The maximum atomic E-state index is 12.0. The zero-order valence-electron chi connectivity index (χ0n) is 13.2. The molecule has 122 valence electrons. The summed E-state index contributed by atoms with van der Waals surface area (Å²) in [6.45, 7) is 3.71. The van der Waals surface area contributed by atoms with Gasteiger partial charge in [-0.2, -0.15) is 11.8 Å². The van der Waals surface area contributed by atoms with Crippen LogP contribution in [0.1, 0.15) is 45.4 Å². The third-order valence-corrected chi connectivity index (χ3v) is 5.14. The minimum Gasteiger partial charge on any atom is -0.481 e. The van der Waals surface area contributed by atoms with Gasteiger partial charge in [-0.3, -0.25) is 4.79 Å². The second-order valence-corrected chi connectivity index (χ2v) is 6.70. The summed E-state index contributed by atoms with van der Waals surface area (Å²) in [7, 11) is 0. The van der Waals surface area contributed by atoms with Crippen LogP contribution >= 0.6 is 11.8 Å². The summed E-state index contributed by atoms with van der Waals surface area (Å²) in [5.41, 5.74) is -0.630. The number of rotatable bonds is 8. The average Bonchev–Trinajstić information content (AvgIpc) is 2.50. The molecule has 6 heteroatoms. The molecular formula is C15H28N2O3S. The number of carbonyl (C=O) groups is 2. The number of aliphatic carboxylic acids is 1. The van der Waals surface area contributed by atoms with E-state index in [1.807, 2.05) is 18.7 Å². The van der Waals surface area contributed by atoms with E-state index in [0.717, 1.165) is 12.8 Å². The van der Waals surface area contributed by atoms with Crippen LogP contribution in [0.4, 0.5) is 4.79 Å². The summed E-state index contributed by atoms with van der Waals surface area (Å²) < 4.78 is 0. The van der Waals surface area contributed by atoms with Crippen molar-refractivity contribution in [1.29, 1.82) is 0 Å². The number of carbonyl (C=O) groups excluding carboxylic acids is 1. The van der Waals surface area contributed by atoms with Gasteiger partial charge in [0.15, 0.2) is 0 Å². The molecular weight excluding hydrogens is 288 g/mol. The number of piperidine rings is 1. The number of carboxylic acid groups (broad SMARTS) is 1. The third-order valence-electron chi connectivity index (χ3n) is 4.44. The van der Waals surface area contributed by atoms with Crippen molar-refractivity contribution >= 4 is 23.8 Å². The van der Waals surface area contributed by atoms with Gasteiger partial charge in [-0.15, -0.1) is 0 Å². The van der Waals surface area contributed by atoms with Crippen molar-refractivity contribution in [2.75, 3.05) is 31.6 Å². The molecule has 1 heterocycles. The molecule has 0 spiro atoms. The van der Waals surface area contributed by atoms with Crippen LogP contribution in [0.5, 0.6) is 0 Å². The van der Waals surface area contributed by atoms with Gasteiger partial charge in [0.1, 0.15) is 0 Å². The van der Waals surface area contributed by atoms with Gasteiger partial charge in [0.25, 0.3) is 0 Å². The molecule has 1 aliphatic heterocycles. The van der Waals surface area contributed by atoms with Gasteiger partial charge >= 0.3 is 12.0 Å². The van der Waals surface area contributed by atoms with E-state index in [1.165, 1.54) is 12.2 Å². The van der Waals surface area contributed by atoms with Crippen molar-refractivity contribution in [3.63, 3.8) is 0 Å². The number of hydrogen-bond acceptors (Lipinski definition) is 3. The van der Waals surface area contributed by atoms with Gasteiger partial charge in [0, 0.05) is 19.6 Å². The first-order chi connectivity index (χ1) is 10.1. The molecule has 0 aromatic carbocycles. The lowest BCUT2D eigenvalue weighted by atomic mass is 9.76. The van der Waals surface area contributed by atoms with Gasteiger partial charge in [-0.25, -0.2) is 4.79 Å². The highest BCUT2D eigenvalue weighted by Crippen LogP contribution is 2.35. The summed E-state index contributed by atoms with van der Waals surface area (Å²) in [4.78, 5) is 25.1. The molecule has 1 rings (SSSR count). The SMILES string of the molecule is CCC1(C(=O)O)CCN(C(=O)NCCCCCSC)CC1. The predicted molar refractivity (Wildman–Crippen MR) is 86.8 cm³/mol. The minimum absolute atomic E-state index is 0.0463. The number of likely N-dealkylation sites (tertiary alicyclic amines) is 1. The standard InChI is InChI=1S/C15H28N2O3S/c1-3-15(13(18)19)7-10-17(11-8-15)14(20)16-9-5-4-6-12-21-2/h3-12H2,1-2H3,(H,16,20)(H,18,19). The van der Waals surface area contributed by atoms with Gasteiger partial charge in [0.2, 0.25) is 0 Å². The fraction of sp³-hybridized carbons (Fsp3) is 0.867. The van der Waals surface area contributed by atoms with E-state index in [0.29, 0.717) is 38.9 Å². The molecule has 1 fully saturated rings. The Kier molecular flexibility index (Phi) is 7.93.